The van der Waals surface area contributed by atoms with Crippen molar-refractivity contribution in [2.45, 2.75) is 31.2 Å². The summed E-state index contributed by atoms with van der Waals surface area (Å²) in [7, 11) is -2.27. The monoisotopic (exact) mass is 447 g/mol. The van der Waals surface area contributed by atoms with E-state index in [0.717, 1.165) is 12.0 Å². The number of aromatic nitrogens is 2. The zero-order valence-corrected chi connectivity index (χ0v) is 19.1. The lowest BCUT2D eigenvalue weighted by Gasteiger charge is -2.27. The molecule has 3 aromatic carbocycles. The minimum atomic E-state index is -3.79. The molecule has 0 amide bonds. The van der Waals surface area contributed by atoms with E-state index in [1.54, 1.807) is 60.0 Å². The predicted molar refractivity (Wildman–Crippen MR) is 127 cm³/mol. The molecule has 32 heavy (non-hydrogen) atoms. The van der Waals surface area contributed by atoms with Crippen molar-refractivity contribution in [1.82, 2.24) is 13.9 Å². The van der Waals surface area contributed by atoms with E-state index >= 15 is 0 Å². The first-order chi connectivity index (χ1) is 15.4. The van der Waals surface area contributed by atoms with Gasteiger partial charge in [0.1, 0.15) is 5.82 Å². The second-order valence-corrected chi connectivity index (χ2v) is 9.62. The molecule has 0 saturated carbocycles. The third-order valence-corrected chi connectivity index (χ3v) is 7.70. The Hall–Kier alpha value is -3.29. The van der Waals surface area contributed by atoms with Crippen molar-refractivity contribution in [2.75, 3.05) is 7.05 Å². The maximum absolute atomic E-state index is 13.6. The molecular weight excluding hydrogens is 422 g/mol. The van der Waals surface area contributed by atoms with Crippen LogP contribution in [0, 0.1) is 0 Å². The van der Waals surface area contributed by atoms with Gasteiger partial charge in [-0.2, -0.15) is 4.31 Å². The Kier molecular flexibility index (Phi) is 5.95. The fourth-order valence-corrected chi connectivity index (χ4v) is 5.16. The highest BCUT2D eigenvalue weighted by Crippen LogP contribution is 2.27. The molecule has 0 saturated heterocycles. The van der Waals surface area contributed by atoms with Crippen LogP contribution in [0.5, 0.6) is 0 Å². The molecule has 164 valence electrons. The van der Waals surface area contributed by atoms with E-state index in [1.165, 1.54) is 11.4 Å². The van der Waals surface area contributed by atoms with Crippen LogP contribution < -0.4 is 5.56 Å². The lowest BCUT2D eigenvalue weighted by Crippen LogP contribution is -2.35. The standard InChI is InChI=1S/C25H25N3O3S/c1-4-19-12-8-11-17-23(19)28-24(26-22-16-10-9-15-21(22)25(28)29)18(2)27(3)32(30,31)20-13-6-5-7-14-20/h5-18H,4H2,1-3H3. The fourth-order valence-electron chi connectivity index (χ4n) is 3.82. The summed E-state index contributed by atoms with van der Waals surface area (Å²) in [5.74, 6) is 0.372. The Morgan fingerprint density at radius 2 is 1.56 bits per heavy atom. The van der Waals surface area contributed by atoms with E-state index in [4.69, 9.17) is 4.98 Å². The SMILES string of the molecule is CCc1ccccc1-n1c(C(C)N(C)S(=O)(=O)c2ccccc2)nc2ccccc2c1=O. The van der Waals surface area contributed by atoms with Crippen molar-refractivity contribution in [2.24, 2.45) is 0 Å². The number of benzene rings is 3. The van der Waals surface area contributed by atoms with Crippen LogP contribution in [-0.2, 0) is 16.4 Å². The molecule has 4 aromatic rings. The molecule has 1 atom stereocenters. The van der Waals surface area contributed by atoms with E-state index in [9.17, 15) is 13.2 Å². The van der Waals surface area contributed by atoms with Gasteiger partial charge >= 0.3 is 0 Å². The summed E-state index contributed by atoms with van der Waals surface area (Å²) >= 11 is 0. The third kappa shape index (κ3) is 3.74. The average molecular weight is 448 g/mol. The molecule has 1 heterocycles. The van der Waals surface area contributed by atoms with Crippen molar-refractivity contribution in [1.29, 1.82) is 0 Å². The molecule has 0 bridgehead atoms. The Bertz CT molecular complexity index is 1430. The van der Waals surface area contributed by atoms with Gasteiger partial charge in [-0.25, -0.2) is 13.4 Å². The highest BCUT2D eigenvalue weighted by molar-refractivity contribution is 7.89. The molecule has 4 rings (SSSR count). The average Bonchev–Trinajstić information content (AvgIpc) is 2.83. The van der Waals surface area contributed by atoms with Gasteiger partial charge in [-0.1, -0.05) is 55.5 Å². The zero-order valence-electron chi connectivity index (χ0n) is 18.3. The van der Waals surface area contributed by atoms with Crippen LogP contribution in [0.2, 0.25) is 0 Å². The highest BCUT2D eigenvalue weighted by Gasteiger charge is 2.30. The van der Waals surface area contributed by atoms with Crippen molar-refractivity contribution >= 4 is 20.9 Å². The minimum Gasteiger partial charge on any atom is -0.268 e. The number of sulfonamides is 1. The van der Waals surface area contributed by atoms with Crippen molar-refractivity contribution < 1.29 is 8.42 Å². The molecule has 7 heteroatoms. The van der Waals surface area contributed by atoms with Crippen LogP contribution in [0.4, 0.5) is 0 Å². The van der Waals surface area contributed by atoms with Crippen LogP contribution in [0.25, 0.3) is 16.6 Å². The number of hydrogen-bond donors (Lipinski definition) is 0. The van der Waals surface area contributed by atoms with E-state index < -0.39 is 16.1 Å². The lowest BCUT2D eigenvalue weighted by molar-refractivity contribution is 0.379. The molecule has 0 aliphatic carbocycles. The first-order valence-corrected chi connectivity index (χ1v) is 11.9. The van der Waals surface area contributed by atoms with Gasteiger partial charge in [-0.3, -0.25) is 9.36 Å². The topological polar surface area (TPSA) is 72.3 Å². The van der Waals surface area contributed by atoms with Gasteiger partial charge in [0.25, 0.3) is 5.56 Å². The summed E-state index contributed by atoms with van der Waals surface area (Å²) in [6.45, 7) is 3.77. The van der Waals surface area contributed by atoms with Gasteiger partial charge in [-0.15, -0.1) is 0 Å². The molecule has 6 nitrogen and oxygen atoms in total. The van der Waals surface area contributed by atoms with Gasteiger partial charge < -0.3 is 0 Å². The molecule has 0 N–H and O–H groups in total. The normalized spacial score (nSPS) is 12.9. The first-order valence-electron chi connectivity index (χ1n) is 10.5. The van der Waals surface area contributed by atoms with E-state index in [0.29, 0.717) is 22.4 Å². The van der Waals surface area contributed by atoms with Crippen LogP contribution in [0.3, 0.4) is 0 Å². The van der Waals surface area contributed by atoms with E-state index in [1.807, 2.05) is 37.3 Å². The first kappa shape index (κ1) is 21.9. The third-order valence-electron chi connectivity index (χ3n) is 5.75. The summed E-state index contributed by atoms with van der Waals surface area (Å²) in [4.78, 5) is 18.6. The maximum atomic E-state index is 13.6. The predicted octanol–water partition coefficient (Wildman–Crippen LogP) is 4.33. The molecule has 1 unspecified atom stereocenters. The summed E-state index contributed by atoms with van der Waals surface area (Å²) in [5, 5.41) is 0.489. The Morgan fingerprint density at radius 1 is 0.938 bits per heavy atom. The highest BCUT2D eigenvalue weighted by atomic mass is 32.2. The van der Waals surface area contributed by atoms with Crippen molar-refractivity contribution in [3.8, 4) is 5.69 Å². The van der Waals surface area contributed by atoms with Gasteiger partial charge in [0.05, 0.1) is 27.5 Å². The van der Waals surface area contributed by atoms with Gasteiger partial charge in [-0.05, 0) is 49.2 Å². The van der Waals surface area contributed by atoms with Crippen LogP contribution in [-0.4, -0.2) is 29.3 Å². The number of fused-ring (bicyclic) bond motifs is 1. The van der Waals surface area contributed by atoms with E-state index in [2.05, 4.69) is 0 Å². The van der Waals surface area contributed by atoms with Crippen molar-refractivity contribution in [3.63, 3.8) is 0 Å². The van der Waals surface area contributed by atoms with Gasteiger partial charge in [0.15, 0.2) is 0 Å². The number of rotatable bonds is 6. The van der Waals surface area contributed by atoms with E-state index in [-0.39, 0.29) is 10.5 Å². The number of hydrogen-bond acceptors (Lipinski definition) is 4. The molecule has 1 aromatic heterocycles. The fraction of sp³-hybridized carbons (Fsp3) is 0.200. The largest absolute Gasteiger partial charge is 0.268 e. The number of nitrogens with zero attached hydrogens (tertiary/aromatic N) is 3. The second kappa shape index (κ2) is 8.68. The molecule has 0 spiro atoms. The molecule has 0 radical (unpaired) electrons. The quantitative estimate of drug-likeness (QED) is 0.441. The Morgan fingerprint density at radius 3 is 2.28 bits per heavy atom. The number of para-hydroxylation sites is 2. The zero-order chi connectivity index (χ0) is 22.9. The maximum Gasteiger partial charge on any atom is 0.266 e. The lowest BCUT2D eigenvalue weighted by atomic mass is 10.1. The summed E-state index contributed by atoms with van der Waals surface area (Å²) in [6.07, 6.45) is 0.724. The Labute approximate surface area is 187 Å². The molecule has 0 aliphatic heterocycles. The van der Waals surface area contributed by atoms with Crippen LogP contribution >= 0.6 is 0 Å². The Balaban J connectivity index is 1.96. The van der Waals surface area contributed by atoms with Crippen molar-refractivity contribution in [3.05, 3.63) is 101 Å². The smallest absolute Gasteiger partial charge is 0.266 e. The minimum absolute atomic E-state index is 0.193. The summed E-state index contributed by atoms with van der Waals surface area (Å²) in [6, 6.07) is 22.4. The van der Waals surface area contributed by atoms with Crippen LogP contribution in [0.1, 0.15) is 31.3 Å². The van der Waals surface area contributed by atoms with Crippen LogP contribution in [0.15, 0.2) is 88.6 Å². The molecular formula is C25H25N3O3S. The summed E-state index contributed by atoms with van der Waals surface area (Å²) in [5.41, 5.74) is 2.01. The molecule has 0 aliphatic rings. The second-order valence-electron chi connectivity index (χ2n) is 7.62. The molecule has 0 fully saturated rings. The van der Waals surface area contributed by atoms with Gasteiger partial charge in [0, 0.05) is 7.05 Å². The summed E-state index contributed by atoms with van der Waals surface area (Å²) < 4.78 is 29.4. The van der Waals surface area contributed by atoms with Gasteiger partial charge in [0.2, 0.25) is 10.0 Å². The number of aryl methyl sites for hydroxylation is 1.